The first-order valence-corrected chi connectivity index (χ1v) is 5.52. The van der Waals surface area contributed by atoms with E-state index >= 15 is 0 Å². The fourth-order valence-electron chi connectivity index (χ4n) is 1.82. The first-order valence-electron chi connectivity index (χ1n) is 4.53. The van der Waals surface area contributed by atoms with Crippen molar-refractivity contribution in [3.05, 3.63) is 24.5 Å². The zero-order valence-electron chi connectivity index (χ0n) is 7.49. The van der Waals surface area contributed by atoms with Gasteiger partial charge in [-0.1, -0.05) is 0 Å². The predicted molar refractivity (Wildman–Crippen MR) is 54.5 cm³/mol. The summed E-state index contributed by atoms with van der Waals surface area (Å²) in [6, 6.07) is 4.20. The van der Waals surface area contributed by atoms with Crippen molar-refractivity contribution in [1.29, 1.82) is 0 Å². The number of nitrogens with zero attached hydrogens (tertiary/aromatic N) is 1. The van der Waals surface area contributed by atoms with Crippen LogP contribution in [-0.4, -0.2) is 15.1 Å². The van der Waals surface area contributed by atoms with Gasteiger partial charge in [0.15, 0.2) is 0 Å². The molecule has 1 fully saturated rings. The monoisotopic (exact) mass is 181 g/mol. The third-order valence-corrected chi connectivity index (χ3v) is 4.01. The lowest BCUT2D eigenvalue weighted by atomic mass is 10.1. The fraction of sp³-hybridized carbons (Fsp3) is 0.600. The summed E-state index contributed by atoms with van der Waals surface area (Å²) in [4.78, 5) is 0. The van der Waals surface area contributed by atoms with Crippen molar-refractivity contribution >= 4 is 11.8 Å². The Morgan fingerprint density at radius 2 is 2.17 bits per heavy atom. The molecule has 66 valence electrons. The van der Waals surface area contributed by atoms with Crippen molar-refractivity contribution in [3.63, 3.8) is 0 Å². The minimum absolute atomic E-state index is 0.499. The van der Waals surface area contributed by atoms with E-state index in [0.29, 0.717) is 4.75 Å². The van der Waals surface area contributed by atoms with Gasteiger partial charge >= 0.3 is 0 Å². The Balaban J connectivity index is 2.02. The largest absolute Gasteiger partial charge is 0.353 e. The average molecular weight is 181 g/mol. The summed E-state index contributed by atoms with van der Waals surface area (Å²) >= 11 is 2.12. The zero-order valence-corrected chi connectivity index (χ0v) is 8.31. The van der Waals surface area contributed by atoms with Crippen LogP contribution in [0.1, 0.15) is 19.8 Å². The van der Waals surface area contributed by atoms with Crippen molar-refractivity contribution in [2.75, 3.05) is 5.75 Å². The molecule has 1 nitrogen and oxygen atoms in total. The van der Waals surface area contributed by atoms with Crippen LogP contribution < -0.4 is 0 Å². The van der Waals surface area contributed by atoms with Crippen LogP contribution in [0, 0.1) is 0 Å². The number of thioether (sulfide) groups is 1. The van der Waals surface area contributed by atoms with Crippen molar-refractivity contribution in [3.8, 4) is 0 Å². The third kappa shape index (κ3) is 1.69. The summed E-state index contributed by atoms with van der Waals surface area (Å²) in [5.41, 5.74) is 0. The first kappa shape index (κ1) is 8.24. The molecular weight excluding hydrogens is 166 g/mol. The summed E-state index contributed by atoms with van der Waals surface area (Å²) in [6.45, 7) is 3.55. The molecule has 1 atom stereocenters. The molecule has 2 heteroatoms. The Hall–Kier alpha value is -0.370. The summed E-state index contributed by atoms with van der Waals surface area (Å²) in [5, 5.41) is 0. The maximum Gasteiger partial charge on any atom is 0.0364 e. The molecule has 0 amide bonds. The lowest BCUT2D eigenvalue weighted by Gasteiger charge is -2.22. The standard InChI is InChI=1S/C10H15NS/c1-10(5-4-8-12-10)9-11-6-2-3-7-11/h2-3,6-7H,4-5,8-9H2,1H3. The molecule has 1 aliphatic rings. The normalized spacial score (nSPS) is 29.4. The highest BCUT2D eigenvalue weighted by atomic mass is 32.2. The molecule has 1 saturated heterocycles. The molecule has 1 aromatic heterocycles. The van der Waals surface area contributed by atoms with Crippen LogP contribution in [0.3, 0.4) is 0 Å². The van der Waals surface area contributed by atoms with Gasteiger partial charge in [-0.05, 0) is 37.7 Å². The molecule has 2 heterocycles. The highest BCUT2D eigenvalue weighted by molar-refractivity contribution is 8.00. The molecule has 1 aromatic rings. The molecule has 0 saturated carbocycles. The van der Waals surface area contributed by atoms with Gasteiger partial charge in [-0.25, -0.2) is 0 Å². The van der Waals surface area contributed by atoms with Crippen LogP contribution in [0.25, 0.3) is 0 Å². The Labute approximate surface area is 78.2 Å². The Morgan fingerprint density at radius 1 is 1.42 bits per heavy atom. The van der Waals surface area contributed by atoms with E-state index in [-0.39, 0.29) is 0 Å². The molecule has 0 N–H and O–H groups in total. The molecule has 1 unspecified atom stereocenters. The Bertz CT molecular complexity index is 234. The van der Waals surface area contributed by atoms with E-state index in [1.165, 1.54) is 25.1 Å². The zero-order chi connectivity index (χ0) is 8.44. The summed E-state index contributed by atoms with van der Waals surface area (Å²) in [6.07, 6.45) is 7.08. The number of rotatable bonds is 2. The maximum absolute atomic E-state index is 2.38. The van der Waals surface area contributed by atoms with Gasteiger partial charge < -0.3 is 4.57 Å². The summed E-state index contributed by atoms with van der Waals surface area (Å²) < 4.78 is 2.79. The van der Waals surface area contributed by atoms with Gasteiger partial charge in [0.05, 0.1) is 0 Å². The van der Waals surface area contributed by atoms with E-state index < -0.39 is 0 Å². The van der Waals surface area contributed by atoms with Crippen LogP contribution in [0.2, 0.25) is 0 Å². The molecule has 0 aromatic carbocycles. The second-order valence-corrected chi connectivity index (χ2v) is 5.44. The van der Waals surface area contributed by atoms with Gasteiger partial charge in [0, 0.05) is 23.7 Å². The molecule has 2 rings (SSSR count). The van der Waals surface area contributed by atoms with Gasteiger partial charge in [0.25, 0.3) is 0 Å². The topological polar surface area (TPSA) is 4.93 Å². The smallest absolute Gasteiger partial charge is 0.0364 e. The van der Waals surface area contributed by atoms with Crippen LogP contribution >= 0.6 is 11.8 Å². The molecule has 12 heavy (non-hydrogen) atoms. The maximum atomic E-state index is 2.38. The van der Waals surface area contributed by atoms with E-state index in [4.69, 9.17) is 0 Å². The molecule has 0 spiro atoms. The SMILES string of the molecule is CC1(Cn2cccc2)CCCS1. The van der Waals surface area contributed by atoms with E-state index in [1.807, 2.05) is 0 Å². The Kier molecular flexibility index (Phi) is 2.18. The third-order valence-electron chi connectivity index (χ3n) is 2.48. The van der Waals surface area contributed by atoms with Gasteiger partial charge in [0.1, 0.15) is 0 Å². The van der Waals surface area contributed by atoms with Crippen LogP contribution in [0.5, 0.6) is 0 Å². The Morgan fingerprint density at radius 3 is 2.75 bits per heavy atom. The second-order valence-electron chi connectivity index (χ2n) is 3.76. The van der Waals surface area contributed by atoms with Gasteiger partial charge in [-0.3, -0.25) is 0 Å². The van der Waals surface area contributed by atoms with Crippen LogP contribution in [-0.2, 0) is 6.54 Å². The first-order chi connectivity index (χ1) is 5.79. The lowest BCUT2D eigenvalue weighted by molar-refractivity contribution is 0.512. The van der Waals surface area contributed by atoms with E-state index in [9.17, 15) is 0 Å². The van der Waals surface area contributed by atoms with Crippen LogP contribution in [0.4, 0.5) is 0 Å². The predicted octanol–water partition coefficient (Wildman–Crippen LogP) is 2.77. The van der Waals surface area contributed by atoms with Gasteiger partial charge in [0.2, 0.25) is 0 Å². The van der Waals surface area contributed by atoms with Gasteiger partial charge in [-0.15, -0.1) is 0 Å². The van der Waals surface area contributed by atoms with Crippen molar-refractivity contribution in [2.45, 2.75) is 31.1 Å². The molecular formula is C10H15NS. The molecule has 1 aliphatic heterocycles. The minimum Gasteiger partial charge on any atom is -0.353 e. The summed E-state index contributed by atoms with van der Waals surface area (Å²) in [5.74, 6) is 1.35. The fourth-order valence-corrected chi connectivity index (χ4v) is 3.13. The number of hydrogen-bond acceptors (Lipinski definition) is 1. The molecule has 0 bridgehead atoms. The quantitative estimate of drug-likeness (QED) is 0.679. The highest BCUT2D eigenvalue weighted by Gasteiger charge is 2.29. The summed E-state index contributed by atoms with van der Waals surface area (Å²) in [7, 11) is 0. The average Bonchev–Trinajstić information content (AvgIpc) is 2.62. The van der Waals surface area contributed by atoms with E-state index in [0.717, 1.165) is 0 Å². The van der Waals surface area contributed by atoms with Crippen molar-refractivity contribution in [1.82, 2.24) is 4.57 Å². The lowest BCUT2D eigenvalue weighted by Crippen LogP contribution is -2.22. The number of aromatic nitrogens is 1. The van der Waals surface area contributed by atoms with Crippen molar-refractivity contribution in [2.24, 2.45) is 0 Å². The molecule has 0 radical (unpaired) electrons. The molecule has 0 aliphatic carbocycles. The van der Waals surface area contributed by atoms with E-state index in [1.54, 1.807) is 0 Å². The van der Waals surface area contributed by atoms with E-state index in [2.05, 4.69) is 47.8 Å². The number of hydrogen-bond donors (Lipinski definition) is 0. The highest BCUT2D eigenvalue weighted by Crippen LogP contribution is 2.38. The van der Waals surface area contributed by atoms with Crippen LogP contribution in [0.15, 0.2) is 24.5 Å². The van der Waals surface area contributed by atoms with Crippen molar-refractivity contribution < 1.29 is 0 Å². The van der Waals surface area contributed by atoms with Gasteiger partial charge in [-0.2, -0.15) is 11.8 Å². The minimum atomic E-state index is 0.499. The second kappa shape index (κ2) is 3.17.